The van der Waals surface area contributed by atoms with E-state index in [9.17, 15) is 8.42 Å². The highest BCUT2D eigenvalue weighted by molar-refractivity contribution is 9.10. The number of halogens is 1. The molecule has 0 heterocycles. The first-order chi connectivity index (χ1) is 9.36. The van der Waals surface area contributed by atoms with Gasteiger partial charge in [0.25, 0.3) is 0 Å². The topological polar surface area (TPSA) is 67.4 Å². The first kappa shape index (κ1) is 17.4. The third-order valence-corrected chi connectivity index (χ3v) is 4.71. The lowest BCUT2D eigenvalue weighted by Gasteiger charge is -2.10. The number of hydrogen-bond acceptors (Lipinski definition) is 4. The van der Waals surface area contributed by atoms with Crippen LogP contribution in [0, 0.1) is 0 Å². The van der Waals surface area contributed by atoms with Crippen molar-refractivity contribution in [1.29, 1.82) is 0 Å². The summed E-state index contributed by atoms with van der Waals surface area (Å²) in [6.07, 6.45) is 0.745. The van der Waals surface area contributed by atoms with E-state index in [-0.39, 0.29) is 4.90 Å². The summed E-state index contributed by atoms with van der Waals surface area (Å²) in [5.74, 6) is 0.602. The van der Waals surface area contributed by atoms with Crippen molar-refractivity contribution in [2.45, 2.75) is 31.2 Å². The molecular weight excluding hydrogens is 344 g/mol. The molecule has 1 aromatic rings. The zero-order valence-corrected chi connectivity index (χ0v) is 14.3. The molecule has 2 N–H and O–H groups in total. The van der Waals surface area contributed by atoms with Crippen LogP contribution < -0.4 is 14.8 Å². The Kier molecular flexibility index (Phi) is 6.94. The fourth-order valence-corrected chi connectivity index (χ4v) is 3.38. The van der Waals surface area contributed by atoms with Gasteiger partial charge in [-0.1, -0.05) is 13.8 Å². The van der Waals surface area contributed by atoms with Crippen LogP contribution in [0.25, 0.3) is 0 Å². The van der Waals surface area contributed by atoms with Crippen LogP contribution in [0.3, 0.4) is 0 Å². The van der Waals surface area contributed by atoms with E-state index in [2.05, 4.69) is 39.8 Å². The minimum atomic E-state index is -3.47. The highest BCUT2D eigenvalue weighted by Crippen LogP contribution is 2.27. The number of nitrogens with one attached hydrogen (secondary N) is 2. The van der Waals surface area contributed by atoms with Gasteiger partial charge in [-0.15, -0.1) is 0 Å². The van der Waals surface area contributed by atoms with Gasteiger partial charge in [0.15, 0.2) is 0 Å². The van der Waals surface area contributed by atoms with Gasteiger partial charge in [-0.25, -0.2) is 13.1 Å². The molecule has 0 aliphatic heterocycles. The summed E-state index contributed by atoms with van der Waals surface area (Å²) in [6, 6.07) is 5.09. The molecule has 0 spiro atoms. The van der Waals surface area contributed by atoms with E-state index in [1.165, 1.54) is 19.2 Å². The van der Waals surface area contributed by atoms with Crippen molar-refractivity contribution in [2.75, 3.05) is 20.2 Å². The van der Waals surface area contributed by atoms with E-state index in [1.54, 1.807) is 6.07 Å². The number of sulfonamides is 1. The van der Waals surface area contributed by atoms with Crippen LogP contribution in [0.4, 0.5) is 0 Å². The molecule has 0 saturated carbocycles. The molecule has 0 amide bonds. The van der Waals surface area contributed by atoms with Crippen LogP contribution in [0.15, 0.2) is 27.6 Å². The summed E-state index contributed by atoms with van der Waals surface area (Å²) in [6.45, 7) is 5.30. The Labute approximate surface area is 129 Å². The summed E-state index contributed by atoms with van der Waals surface area (Å²) in [4.78, 5) is 0.224. The van der Waals surface area contributed by atoms with Gasteiger partial charge in [-0.3, -0.25) is 0 Å². The molecule has 7 heteroatoms. The number of hydrogen-bond donors (Lipinski definition) is 2. The Hall–Kier alpha value is -0.630. The monoisotopic (exact) mass is 364 g/mol. The zero-order valence-electron chi connectivity index (χ0n) is 11.9. The maximum absolute atomic E-state index is 12.1. The molecule has 0 saturated heterocycles. The lowest BCUT2D eigenvalue weighted by Crippen LogP contribution is -2.29. The molecule has 0 fully saturated rings. The van der Waals surface area contributed by atoms with Crippen molar-refractivity contribution in [1.82, 2.24) is 10.0 Å². The van der Waals surface area contributed by atoms with Gasteiger partial charge in [0.1, 0.15) is 5.75 Å². The Morgan fingerprint density at radius 2 is 2.00 bits per heavy atom. The molecule has 0 aliphatic rings. The quantitative estimate of drug-likeness (QED) is 0.693. The second-order valence-electron chi connectivity index (χ2n) is 4.66. The van der Waals surface area contributed by atoms with E-state index in [1.807, 2.05) is 0 Å². The number of benzene rings is 1. The van der Waals surface area contributed by atoms with Crippen LogP contribution in [0.1, 0.15) is 20.3 Å². The highest BCUT2D eigenvalue weighted by Gasteiger charge is 2.15. The van der Waals surface area contributed by atoms with Crippen molar-refractivity contribution >= 4 is 26.0 Å². The van der Waals surface area contributed by atoms with Crippen LogP contribution >= 0.6 is 15.9 Å². The van der Waals surface area contributed by atoms with Gasteiger partial charge in [0, 0.05) is 12.6 Å². The predicted molar refractivity (Wildman–Crippen MR) is 83.6 cm³/mol. The Balaban J connectivity index is 2.58. The summed E-state index contributed by atoms with van der Waals surface area (Å²) in [5.41, 5.74) is 0. The van der Waals surface area contributed by atoms with Gasteiger partial charge < -0.3 is 10.1 Å². The molecule has 0 atom stereocenters. The molecule has 0 aliphatic carbocycles. The lowest BCUT2D eigenvalue weighted by atomic mass is 10.3. The van der Waals surface area contributed by atoms with Gasteiger partial charge >= 0.3 is 0 Å². The Morgan fingerprint density at radius 3 is 2.55 bits per heavy atom. The minimum Gasteiger partial charge on any atom is -0.496 e. The minimum absolute atomic E-state index is 0.224. The van der Waals surface area contributed by atoms with E-state index in [0.29, 0.717) is 22.8 Å². The average molecular weight is 365 g/mol. The third-order valence-electron chi connectivity index (χ3n) is 2.63. The predicted octanol–water partition coefficient (Wildman–Crippen LogP) is 2.12. The molecular formula is C13H21BrN2O3S. The Morgan fingerprint density at radius 1 is 1.30 bits per heavy atom. The van der Waals surface area contributed by atoms with E-state index in [0.717, 1.165) is 13.0 Å². The van der Waals surface area contributed by atoms with Crippen molar-refractivity contribution in [3.63, 3.8) is 0 Å². The second kappa shape index (κ2) is 7.97. The van der Waals surface area contributed by atoms with Gasteiger partial charge in [0.2, 0.25) is 10.0 Å². The first-order valence-corrected chi connectivity index (χ1v) is 8.71. The summed E-state index contributed by atoms with van der Waals surface area (Å²) < 4.78 is 32.5. The smallest absolute Gasteiger partial charge is 0.240 e. The highest BCUT2D eigenvalue weighted by atomic mass is 79.9. The van der Waals surface area contributed by atoms with Crippen LogP contribution in [-0.2, 0) is 10.0 Å². The Bertz CT molecular complexity index is 532. The maximum atomic E-state index is 12.1. The first-order valence-electron chi connectivity index (χ1n) is 6.43. The van der Waals surface area contributed by atoms with Crippen molar-refractivity contribution in [3.05, 3.63) is 22.7 Å². The van der Waals surface area contributed by atoms with Crippen molar-refractivity contribution in [3.8, 4) is 5.75 Å². The molecule has 0 radical (unpaired) electrons. The average Bonchev–Trinajstić information content (AvgIpc) is 2.37. The summed E-state index contributed by atoms with van der Waals surface area (Å²) in [7, 11) is -1.94. The molecule has 0 bridgehead atoms. The molecule has 0 unspecified atom stereocenters. The largest absolute Gasteiger partial charge is 0.496 e. The van der Waals surface area contributed by atoms with Crippen LogP contribution in [0.2, 0.25) is 0 Å². The van der Waals surface area contributed by atoms with Crippen LogP contribution in [-0.4, -0.2) is 34.7 Å². The summed E-state index contributed by atoms with van der Waals surface area (Å²) in [5, 5.41) is 3.24. The number of ether oxygens (including phenoxy) is 1. The fourth-order valence-electron chi connectivity index (χ4n) is 1.58. The number of methoxy groups -OCH3 is 1. The van der Waals surface area contributed by atoms with E-state index in [4.69, 9.17) is 4.74 Å². The molecule has 1 aromatic carbocycles. The second-order valence-corrected chi connectivity index (χ2v) is 7.28. The fraction of sp³-hybridized carbons (Fsp3) is 0.538. The van der Waals surface area contributed by atoms with Crippen LogP contribution in [0.5, 0.6) is 5.75 Å². The SMILES string of the molecule is COc1ccc(S(=O)(=O)NCCCNC(C)C)cc1Br. The van der Waals surface area contributed by atoms with Crippen molar-refractivity contribution in [2.24, 2.45) is 0 Å². The molecule has 114 valence electrons. The van der Waals surface area contributed by atoms with Crippen molar-refractivity contribution < 1.29 is 13.2 Å². The van der Waals surface area contributed by atoms with Gasteiger partial charge in [-0.05, 0) is 47.1 Å². The van der Waals surface area contributed by atoms with E-state index >= 15 is 0 Å². The van der Waals surface area contributed by atoms with Gasteiger partial charge in [-0.2, -0.15) is 0 Å². The van der Waals surface area contributed by atoms with Gasteiger partial charge in [0.05, 0.1) is 16.5 Å². The molecule has 0 aromatic heterocycles. The maximum Gasteiger partial charge on any atom is 0.240 e. The third kappa shape index (κ3) is 5.40. The molecule has 20 heavy (non-hydrogen) atoms. The summed E-state index contributed by atoms with van der Waals surface area (Å²) >= 11 is 3.28. The number of rotatable bonds is 8. The normalized spacial score (nSPS) is 11.8. The molecule has 1 rings (SSSR count). The lowest BCUT2D eigenvalue weighted by molar-refractivity contribution is 0.411. The molecule has 5 nitrogen and oxygen atoms in total. The zero-order chi connectivity index (χ0) is 15.2. The standard InChI is InChI=1S/C13H21BrN2O3S/c1-10(2)15-7-4-8-16-20(17,18)11-5-6-13(19-3)12(14)9-11/h5-6,9-10,15-16H,4,7-8H2,1-3H3. The van der Waals surface area contributed by atoms with E-state index < -0.39 is 10.0 Å².